The minimum absolute atomic E-state index is 0.0155. The van der Waals surface area contributed by atoms with Crippen LogP contribution in [0.1, 0.15) is 22.2 Å². The van der Waals surface area contributed by atoms with Crippen LogP contribution in [0.15, 0.2) is 30.6 Å². The molecule has 1 fully saturated rings. The molecule has 8 heteroatoms. The standard InChI is InChI=1S/C20H21FN4O2S/c1-3-27-18-16-13(2)17(28-19(16)23-12-22-18)20(26)25-10-8-24(9-11-25)15-6-4-14(21)5-7-15/h4-7,12H,3,8-11H2,1-2H3. The Bertz CT molecular complexity index is 997. The fourth-order valence-corrected chi connectivity index (χ4v) is 4.56. The number of benzene rings is 1. The van der Waals surface area contributed by atoms with Crippen molar-refractivity contribution in [3.63, 3.8) is 0 Å². The molecule has 146 valence electrons. The highest BCUT2D eigenvalue weighted by molar-refractivity contribution is 7.20. The summed E-state index contributed by atoms with van der Waals surface area (Å²) in [4.78, 5) is 27.1. The summed E-state index contributed by atoms with van der Waals surface area (Å²) < 4.78 is 18.7. The van der Waals surface area contributed by atoms with Gasteiger partial charge in [0, 0.05) is 31.9 Å². The molecule has 1 amide bonds. The van der Waals surface area contributed by atoms with Crippen LogP contribution in [0.4, 0.5) is 10.1 Å². The van der Waals surface area contributed by atoms with Crippen LogP contribution < -0.4 is 9.64 Å². The first-order valence-electron chi connectivity index (χ1n) is 9.25. The number of hydrogen-bond acceptors (Lipinski definition) is 6. The monoisotopic (exact) mass is 400 g/mol. The molecule has 2 aromatic heterocycles. The highest BCUT2D eigenvalue weighted by atomic mass is 32.1. The number of aromatic nitrogens is 2. The minimum Gasteiger partial charge on any atom is -0.477 e. The van der Waals surface area contributed by atoms with Crippen LogP contribution in [0, 0.1) is 12.7 Å². The number of rotatable bonds is 4. The lowest BCUT2D eigenvalue weighted by molar-refractivity contribution is 0.0751. The SMILES string of the molecule is CCOc1ncnc2sc(C(=O)N3CCN(c4ccc(F)cc4)CC3)c(C)c12. The van der Waals surface area contributed by atoms with Crippen LogP contribution >= 0.6 is 11.3 Å². The van der Waals surface area contributed by atoms with Crippen molar-refractivity contribution in [1.29, 1.82) is 0 Å². The normalized spacial score (nSPS) is 14.5. The van der Waals surface area contributed by atoms with Gasteiger partial charge in [-0.1, -0.05) is 0 Å². The Labute approximate surface area is 166 Å². The lowest BCUT2D eigenvalue weighted by Gasteiger charge is -2.36. The molecule has 4 rings (SSSR count). The molecular formula is C20H21FN4O2S. The number of nitrogens with zero attached hydrogens (tertiary/aromatic N) is 4. The molecule has 0 N–H and O–H groups in total. The maximum atomic E-state index is 13.1. The van der Waals surface area contributed by atoms with Gasteiger partial charge in [-0.25, -0.2) is 14.4 Å². The number of aryl methyl sites for hydroxylation is 1. The van der Waals surface area contributed by atoms with E-state index in [1.165, 1.54) is 29.8 Å². The van der Waals surface area contributed by atoms with Crippen LogP contribution in [-0.2, 0) is 0 Å². The number of halogens is 1. The highest BCUT2D eigenvalue weighted by Crippen LogP contribution is 2.35. The summed E-state index contributed by atoms with van der Waals surface area (Å²) >= 11 is 1.39. The van der Waals surface area contributed by atoms with E-state index in [1.54, 1.807) is 12.1 Å². The quantitative estimate of drug-likeness (QED) is 0.671. The van der Waals surface area contributed by atoms with Crippen LogP contribution in [0.25, 0.3) is 10.2 Å². The predicted molar refractivity (Wildman–Crippen MR) is 108 cm³/mol. The third kappa shape index (κ3) is 3.40. The molecule has 0 atom stereocenters. The first-order chi connectivity index (χ1) is 13.6. The molecule has 0 unspecified atom stereocenters. The van der Waals surface area contributed by atoms with E-state index in [4.69, 9.17) is 4.74 Å². The van der Waals surface area contributed by atoms with Gasteiger partial charge in [0.15, 0.2) is 0 Å². The number of hydrogen-bond donors (Lipinski definition) is 0. The first kappa shape index (κ1) is 18.6. The van der Waals surface area contributed by atoms with Crippen molar-refractivity contribution in [3.05, 3.63) is 46.9 Å². The van der Waals surface area contributed by atoms with Crippen molar-refractivity contribution in [2.45, 2.75) is 13.8 Å². The molecular weight excluding hydrogens is 379 g/mol. The average Bonchev–Trinajstić information content (AvgIpc) is 3.06. The summed E-state index contributed by atoms with van der Waals surface area (Å²) in [6.45, 7) is 7.00. The molecule has 3 aromatic rings. The van der Waals surface area contributed by atoms with E-state index in [2.05, 4.69) is 14.9 Å². The number of amides is 1. The lowest BCUT2D eigenvalue weighted by Crippen LogP contribution is -2.48. The van der Waals surface area contributed by atoms with Crippen molar-refractivity contribution in [2.75, 3.05) is 37.7 Å². The van der Waals surface area contributed by atoms with Crippen LogP contribution in [-0.4, -0.2) is 53.6 Å². The zero-order chi connectivity index (χ0) is 19.7. The van der Waals surface area contributed by atoms with Crippen LogP contribution in [0.3, 0.4) is 0 Å². The molecule has 6 nitrogen and oxygen atoms in total. The third-order valence-corrected chi connectivity index (χ3v) is 6.11. The molecule has 1 aliphatic heterocycles. The zero-order valence-corrected chi connectivity index (χ0v) is 16.6. The topological polar surface area (TPSA) is 58.6 Å². The Hall–Kier alpha value is -2.74. The number of ether oxygens (including phenoxy) is 1. The highest BCUT2D eigenvalue weighted by Gasteiger charge is 2.27. The van der Waals surface area contributed by atoms with Gasteiger partial charge in [0.25, 0.3) is 5.91 Å². The molecule has 1 saturated heterocycles. The lowest BCUT2D eigenvalue weighted by atomic mass is 10.2. The van der Waals surface area contributed by atoms with E-state index in [9.17, 15) is 9.18 Å². The number of piperazine rings is 1. The fraction of sp³-hybridized carbons (Fsp3) is 0.350. The smallest absolute Gasteiger partial charge is 0.264 e. The molecule has 1 aromatic carbocycles. The average molecular weight is 400 g/mol. The molecule has 0 saturated carbocycles. The van der Waals surface area contributed by atoms with Gasteiger partial charge in [-0.3, -0.25) is 4.79 Å². The summed E-state index contributed by atoms with van der Waals surface area (Å²) in [6.07, 6.45) is 1.47. The van der Waals surface area contributed by atoms with Crippen LogP contribution in [0.2, 0.25) is 0 Å². The summed E-state index contributed by atoms with van der Waals surface area (Å²) in [5, 5.41) is 0.822. The second kappa shape index (κ2) is 7.71. The van der Waals surface area contributed by atoms with E-state index in [-0.39, 0.29) is 11.7 Å². The van der Waals surface area contributed by atoms with E-state index >= 15 is 0 Å². The van der Waals surface area contributed by atoms with Gasteiger partial charge in [0.05, 0.1) is 16.9 Å². The van der Waals surface area contributed by atoms with E-state index in [1.807, 2.05) is 18.7 Å². The zero-order valence-electron chi connectivity index (χ0n) is 15.8. The molecule has 0 radical (unpaired) electrons. The van der Waals surface area contributed by atoms with Crippen molar-refractivity contribution in [3.8, 4) is 5.88 Å². The van der Waals surface area contributed by atoms with Gasteiger partial charge in [0.1, 0.15) is 17.0 Å². The predicted octanol–water partition coefficient (Wildman–Crippen LogP) is 3.50. The van der Waals surface area contributed by atoms with Crippen molar-refractivity contribution in [1.82, 2.24) is 14.9 Å². The summed E-state index contributed by atoms with van der Waals surface area (Å²) in [5.74, 6) is 0.301. The third-order valence-electron chi connectivity index (χ3n) is 4.93. The van der Waals surface area contributed by atoms with E-state index in [0.717, 1.165) is 21.5 Å². The second-order valence-corrected chi connectivity index (χ2v) is 7.60. The van der Waals surface area contributed by atoms with E-state index < -0.39 is 0 Å². The molecule has 28 heavy (non-hydrogen) atoms. The number of carbonyl (C=O) groups is 1. The maximum Gasteiger partial charge on any atom is 0.264 e. The first-order valence-corrected chi connectivity index (χ1v) is 10.1. The Balaban J connectivity index is 1.52. The number of fused-ring (bicyclic) bond motifs is 1. The summed E-state index contributed by atoms with van der Waals surface area (Å²) in [7, 11) is 0. The minimum atomic E-state index is -0.243. The Morgan fingerprint density at radius 3 is 2.57 bits per heavy atom. The largest absolute Gasteiger partial charge is 0.477 e. The van der Waals surface area contributed by atoms with Crippen molar-refractivity contribution in [2.24, 2.45) is 0 Å². The van der Waals surface area contributed by atoms with Crippen LogP contribution in [0.5, 0.6) is 5.88 Å². The maximum absolute atomic E-state index is 13.1. The van der Waals surface area contributed by atoms with Crippen molar-refractivity contribution >= 4 is 33.1 Å². The Morgan fingerprint density at radius 2 is 1.89 bits per heavy atom. The fourth-order valence-electron chi connectivity index (χ4n) is 3.45. The molecule has 3 heterocycles. The number of carbonyl (C=O) groups excluding carboxylic acids is 1. The molecule has 0 aliphatic carbocycles. The molecule has 1 aliphatic rings. The molecule has 0 bridgehead atoms. The van der Waals surface area contributed by atoms with Gasteiger partial charge < -0.3 is 14.5 Å². The number of anilines is 1. The van der Waals surface area contributed by atoms with Gasteiger partial charge in [-0.2, -0.15) is 0 Å². The van der Waals surface area contributed by atoms with Gasteiger partial charge in [-0.15, -0.1) is 11.3 Å². The Kier molecular flexibility index (Phi) is 5.13. The number of thiophene rings is 1. The summed E-state index contributed by atoms with van der Waals surface area (Å²) in [6, 6.07) is 6.47. The van der Waals surface area contributed by atoms with E-state index in [0.29, 0.717) is 43.5 Å². The van der Waals surface area contributed by atoms with Gasteiger partial charge in [-0.05, 0) is 43.7 Å². The second-order valence-electron chi connectivity index (χ2n) is 6.60. The van der Waals surface area contributed by atoms with Crippen molar-refractivity contribution < 1.29 is 13.9 Å². The molecule has 0 spiro atoms. The Morgan fingerprint density at radius 1 is 1.18 bits per heavy atom. The van der Waals surface area contributed by atoms with Gasteiger partial charge >= 0.3 is 0 Å². The van der Waals surface area contributed by atoms with Gasteiger partial charge in [0.2, 0.25) is 5.88 Å². The summed E-state index contributed by atoms with van der Waals surface area (Å²) in [5.41, 5.74) is 1.85.